The van der Waals surface area contributed by atoms with Crippen molar-refractivity contribution < 1.29 is 0 Å². The molecule has 0 aliphatic carbocycles. The maximum Gasteiger partial charge on any atom is 0.198 e. The Balaban J connectivity index is 1.28. The number of fused-ring (bicyclic) bond motifs is 8. The van der Waals surface area contributed by atoms with Crippen LogP contribution < -0.4 is 16.2 Å². The van der Waals surface area contributed by atoms with Gasteiger partial charge in [-0.15, -0.1) is 11.3 Å². The standard InChI is InChI=1S/C51H45BN2S/c1-5-6-8-15-32-22-25-35(26-23-32)53-43-31-47-40(36-18-12-14-21-46(36)55-47)30-39(43)41-29-38(33-16-9-7-10-17-33)48-37-19-11-13-20-44(37)54-45-27-24-34(51(2,3)4)28-42(45)52-49(41)50(48)54/h7,9-14,16-31,52-53H,5-6,8,15H2,1-4H3. The zero-order chi connectivity index (χ0) is 37.3. The number of para-hydroxylation sites is 1. The second-order valence-corrected chi connectivity index (χ2v) is 17.5. The highest BCUT2D eigenvalue weighted by molar-refractivity contribution is 7.25. The number of thiophene rings is 1. The molecular formula is C51H45BN2S. The van der Waals surface area contributed by atoms with Crippen molar-refractivity contribution in [2.24, 2.45) is 0 Å². The highest BCUT2D eigenvalue weighted by Gasteiger charge is 2.30. The molecule has 7 aromatic carbocycles. The van der Waals surface area contributed by atoms with Crippen LogP contribution in [0.5, 0.6) is 0 Å². The fraction of sp³-hybridized carbons (Fsp3) is 0.176. The van der Waals surface area contributed by atoms with E-state index in [0.717, 1.165) is 25.1 Å². The Labute approximate surface area is 328 Å². The van der Waals surface area contributed by atoms with E-state index in [0.29, 0.717) is 0 Å². The highest BCUT2D eigenvalue weighted by atomic mass is 32.1. The lowest BCUT2D eigenvalue weighted by molar-refractivity contribution is 0.590. The fourth-order valence-electron chi connectivity index (χ4n) is 8.93. The van der Waals surface area contributed by atoms with E-state index in [-0.39, 0.29) is 5.41 Å². The molecule has 0 saturated carbocycles. The summed E-state index contributed by atoms with van der Waals surface area (Å²) in [7, 11) is 0.866. The number of benzene rings is 7. The van der Waals surface area contributed by atoms with E-state index in [2.05, 4.69) is 177 Å². The van der Waals surface area contributed by atoms with Crippen LogP contribution in [-0.2, 0) is 11.8 Å². The van der Waals surface area contributed by atoms with Gasteiger partial charge in [0.2, 0.25) is 0 Å². The van der Waals surface area contributed by atoms with Crippen LogP contribution in [-0.4, -0.2) is 11.8 Å². The molecule has 0 bridgehead atoms. The second kappa shape index (κ2) is 13.3. The SMILES string of the molecule is CCCCCc1ccc(Nc2cc3sc4ccccc4c3cc2-c2cc(-c3ccccc3)c3c4ccccc4n4c3c2Bc2cc(C(C)(C)C)ccc2-4)cc1. The van der Waals surface area contributed by atoms with Crippen LogP contribution in [0.2, 0.25) is 0 Å². The summed E-state index contributed by atoms with van der Waals surface area (Å²) in [6.07, 6.45) is 4.89. The first-order valence-corrected chi connectivity index (χ1v) is 20.8. The number of nitrogens with zero attached hydrogens (tertiary/aromatic N) is 1. The molecule has 0 fully saturated rings. The summed E-state index contributed by atoms with van der Waals surface area (Å²) in [6, 6.07) is 52.7. The third kappa shape index (κ3) is 5.78. The monoisotopic (exact) mass is 728 g/mol. The molecule has 9 aromatic rings. The molecule has 0 atom stereocenters. The van der Waals surface area contributed by atoms with Gasteiger partial charge in [0.05, 0.1) is 5.52 Å². The van der Waals surface area contributed by atoms with Gasteiger partial charge in [0, 0.05) is 59.1 Å². The minimum Gasteiger partial charge on any atom is -0.355 e. The van der Waals surface area contributed by atoms with Gasteiger partial charge in [-0.25, -0.2) is 0 Å². The number of anilines is 2. The van der Waals surface area contributed by atoms with Crippen LogP contribution in [0.25, 0.3) is 69.9 Å². The molecule has 2 aromatic heterocycles. The molecule has 55 heavy (non-hydrogen) atoms. The summed E-state index contributed by atoms with van der Waals surface area (Å²) < 4.78 is 5.20. The molecule has 268 valence electrons. The van der Waals surface area contributed by atoms with Gasteiger partial charge in [-0.05, 0) is 100 Å². The Hall–Kier alpha value is -5.58. The quantitative estimate of drug-likeness (QED) is 0.122. The van der Waals surface area contributed by atoms with Crippen LogP contribution in [0.15, 0.2) is 140 Å². The maximum atomic E-state index is 3.97. The molecule has 1 aliphatic rings. The summed E-state index contributed by atoms with van der Waals surface area (Å²) >= 11 is 1.88. The van der Waals surface area contributed by atoms with Crippen molar-refractivity contribution in [2.45, 2.75) is 58.8 Å². The normalized spacial score (nSPS) is 12.4. The molecule has 1 N–H and O–H groups in total. The predicted molar refractivity (Wildman–Crippen MR) is 243 cm³/mol. The first-order chi connectivity index (χ1) is 26.9. The van der Waals surface area contributed by atoms with Gasteiger partial charge in [-0.3, -0.25) is 0 Å². The number of nitrogens with one attached hydrogen (secondary N) is 1. The molecule has 4 heteroatoms. The van der Waals surface area contributed by atoms with Crippen LogP contribution in [0.4, 0.5) is 11.4 Å². The number of aromatic nitrogens is 1. The number of hydrogen-bond acceptors (Lipinski definition) is 2. The average molecular weight is 729 g/mol. The van der Waals surface area contributed by atoms with Crippen molar-refractivity contribution in [1.82, 2.24) is 4.57 Å². The van der Waals surface area contributed by atoms with Crippen molar-refractivity contribution >= 4 is 82.9 Å². The lowest BCUT2D eigenvalue weighted by atomic mass is 9.58. The van der Waals surface area contributed by atoms with Crippen molar-refractivity contribution in [3.05, 3.63) is 151 Å². The Morgan fingerprint density at radius 2 is 1.42 bits per heavy atom. The number of rotatable bonds is 8. The Morgan fingerprint density at radius 1 is 0.655 bits per heavy atom. The van der Waals surface area contributed by atoms with Crippen LogP contribution in [0, 0.1) is 0 Å². The number of aryl methyl sites for hydroxylation is 1. The van der Waals surface area contributed by atoms with Crippen molar-refractivity contribution in [2.75, 3.05) is 5.32 Å². The molecule has 0 unspecified atom stereocenters. The molecule has 0 amide bonds. The molecule has 10 rings (SSSR count). The van der Waals surface area contributed by atoms with E-state index in [1.807, 2.05) is 11.3 Å². The van der Waals surface area contributed by atoms with E-state index < -0.39 is 0 Å². The topological polar surface area (TPSA) is 17.0 Å². The molecule has 1 aliphatic heterocycles. The largest absolute Gasteiger partial charge is 0.355 e. The van der Waals surface area contributed by atoms with E-state index in [1.54, 1.807) is 0 Å². The van der Waals surface area contributed by atoms with Gasteiger partial charge in [-0.1, -0.05) is 137 Å². The third-order valence-electron chi connectivity index (χ3n) is 11.8. The fourth-order valence-corrected chi connectivity index (χ4v) is 10.1. The molecule has 2 nitrogen and oxygen atoms in total. The van der Waals surface area contributed by atoms with Gasteiger partial charge in [0.1, 0.15) is 0 Å². The lowest BCUT2D eigenvalue weighted by Crippen LogP contribution is -2.38. The Kier molecular flexibility index (Phi) is 8.22. The van der Waals surface area contributed by atoms with Gasteiger partial charge >= 0.3 is 0 Å². The van der Waals surface area contributed by atoms with Crippen LogP contribution in [0.3, 0.4) is 0 Å². The maximum absolute atomic E-state index is 3.97. The Bertz CT molecular complexity index is 2910. The van der Waals surface area contributed by atoms with E-state index in [4.69, 9.17) is 0 Å². The number of unbranched alkanes of at least 4 members (excludes halogenated alkanes) is 2. The zero-order valence-electron chi connectivity index (χ0n) is 32.2. The summed E-state index contributed by atoms with van der Waals surface area (Å²) in [5.74, 6) is 0. The van der Waals surface area contributed by atoms with E-state index in [9.17, 15) is 0 Å². The van der Waals surface area contributed by atoms with E-state index >= 15 is 0 Å². The lowest BCUT2D eigenvalue weighted by Gasteiger charge is -2.27. The van der Waals surface area contributed by atoms with Crippen molar-refractivity contribution in [3.8, 4) is 27.9 Å². The summed E-state index contributed by atoms with van der Waals surface area (Å²) in [5.41, 5.74) is 16.8. The average Bonchev–Trinajstić information content (AvgIpc) is 3.75. The molecular weight excluding hydrogens is 683 g/mol. The third-order valence-corrected chi connectivity index (χ3v) is 12.9. The van der Waals surface area contributed by atoms with Gasteiger partial charge in [-0.2, -0.15) is 0 Å². The summed E-state index contributed by atoms with van der Waals surface area (Å²) in [6.45, 7) is 9.24. The first-order valence-electron chi connectivity index (χ1n) is 20.0. The first kappa shape index (κ1) is 34.0. The predicted octanol–water partition coefficient (Wildman–Crippen LogP) is 13.0. The van der Waals surface area contributed by atoms with Crippen LogP contribution in [0.1, 0.15) is 58.1 Å². The van der Waals surface area contributed by atoms with Gasteiger partial charge in [0.15, 0.2) is 7.28 Å². The van der Waals surface area contributed by atoms with E-state index in [1.165, 1.54) is 111 Å². The minimum absolute atomic E-state index is 0.0526. The van der Waals surface area contributed by atoms with Gasteiger partial charge in [0.25, 0.3) is 0 Å². The van der Waals surface area contributed by atoms with Gasteiger partial charge < -0.3 is 9.88 Å². The van der Waals surface area contributed by atoms with Crippen molar-refractivity contribution in [3.63, 3.8) is 0 Å². The highest BCUT2D eigenvalue weighted by Crippen LogP contribution is 2.45. The number of hydrogen-bond donors (Lipinski definition) is 1. The minimum atomic E-state index is 0.0526. The van der Waals surface area contributed by atoms with Crippen molar-refractivity contribution in [1.29, 1.82) is 0 Å². The van der Waals surface area contributed by atoms with Crippen LogP contribution >= 0.6 is 11.3 Å². The summed E-state index contributed by atoms with van der Waals surface area (Å²) in [4.78, 5) is 0. The molecule has 3 heterocycles. The second-order valence-electron chi connectivity index (χ2n) is 16.4. The smallest absolute Gasteiger partial charge is 0.198 e. The molecule has 0 saturated heterocycles. The molecule has 0 spiro atoms. The zero-order valence-corrected chi connectivity index (χ0v) is 33.0. The Morgan fingerprint density at radius 3 is 2.22 bits per heavy atom. The summed E-state index contributed by atoms with van der Waals surface area (Å²) in [5, 5.41) is 9.23. The molecule has 0 radical (unpaired) electrons.